The summed E-state index contributed by atoms with van der Waals surface area (Å²) in [5.74, 6) is -0.832. The van der Waals surface area contributed by atoms with Gasteiger partial charge in [-0.1, -0.05) is 49.1 Å². The highest BCUT2D eigenvalue weighted by atomic mass is 35.5. The minimum atomic E-state index is -1.39. The van der Waals surface area contributed by atoms with Gasteiger partial charge < -0.3 is 14.7 Å². The van der Waals surface area contributed by atoms with Gasteiger partial charge in [-0.3, -0.25) is 15.0 Å². The van der Waals surface area contributed by atoms with Gasteiger partial charge in [-0.25, -0.2) is 9.18 Å². The topological polar surface area (TPSA) is 82.1 Å². The van der Waals surface area contributed by atoms with E-state index in [2.05, 4.69) is 5.32 Å². The van der Waals surface area contributed by atoms with E-state index in [0.29, 0.717) is 6.54 Å². The Kier molecular flexibility index (Phi) is 7.35. The molecule has 2 N–H and O–H groups in total. The Labute approximate surface area is 197 Å². The van der Waals surface area contributed by atoms with E-state index in [0.717, 1.165) is 37.8 Å². The summed E-state index contributed by atoms with van der Waals surface area (Å²) in [7, 11) is 0. The lowest BCUT2D eigenvalue weighted by Gasteiger charge is -2.45. The Morgan fingerprint density at radius 2 is 1.79 bits per heavy atom. The summed E-state index contributed by atoms with van der Waals surface area (Å²) < 4.78 is 19.6. The molecule has 1 saturated heterocycles. The number of hydrogen-bond acceptors (Lipinski definition) is 5. The number of benzene rings is 2. The number of amides is 3. The van der Waals surface area contributed by atoms with Gasteiger partial charge in [-0.15, -0.1) is 0 Å². The Balaban J connectivity index is 1.53. The van der Waals surface area contributed by atoms with Crippen LogP contribution in [0.2, 0.25) is 5.02 Å². The highest BCUT2D eigenvalue weighted by molar-refractivity contribution is 6.30. The fourth-order valence-corrected chi connectivity index (χ4v) is 4.54. The van der Waals surface area contributed by atoms with Crippen LogP contribution in [0.3, 0.4) is 0 Å². The smallest absolute Gasteiger partial charge is 0.326 e. The Hall–Kier alpha value is -2.84. The predicted molar refractivity (Wildman–Crippen MR) is 122 cm³/mol. The van der Waals surface area contributed by atoms with E-state index in [1.165, 1.54) is 23.1 Å². The van der Waals surface area contributed by atoms with Crippen LogP contribution in [0.1, 0.15) is 32.1 Å². The molecule has 3 amide bonds. The molecule has 0 aromatic heterocycles. The summed E-state index contributed by atoms with van der Waals surface area (Å²) in [5.41, 5.74) is 0.785. The fourth-order valence-electron chi connectivity index (χ4n) is 4.37. The normalized spacial score (nSPS) is 21.5. The van der Waals surface area contributed by atoms with Crippen LogP contribution in [-0.4, -0.2) is 47.5 Å². The SMILES string of the molecule is O=C(NC(=O)N1CCN(c2ccccc2)C(Oc2ccc(F)c(Cl)c2)C1O)C1CCCCC1. The molecule has 0 radical (unpaired) electrons. The van der Waals surface area contributed by atoms with Crippen LogP contribution in [0.4, 0.5) is 14.9 Å². The number of hydrogen-bond donors (Lipinski definition) is 2. The molecule has 2 fully saturated rings. The Morgan fingerprint density at radius 3 is 2.48 bits per heavy atom. The number of piperazine rings is 1. The molecular formula is C24H27ClFN3O4. The summed E-state index contributed by atoms with van der Waals surface area (Å²) >= 11 is 5.89. The third kappa shape index (κ3) is 5.39. The molecule has 1 heterocycles. The van der Waals surface area contributed by atoms with Crippen LogP contribution in [0.15, 0.2) is 48.5 Å². The van der Waals surface area contributed by atoms with Crippen LogP contribution in [0.5, 0.6) is 5.75 Å². The Bertz CT molecular complexity index is 987. The molecule has 4 rings (SSSR count). The molecule has 33 heavy (non-hydrogen) atoms. The fraction of sp³-hybridized carbons (Fsp3) is 0.417. The van der Waals surface area contributed by atoms with Crippen molar-refractivity contribution in [3.05, 3.63) is 59.4 Å². The number of rotatable bonds is 4. The van der Waals surface area contributed by atoms with E-state index in [1.807, 2.05) is 35.2 Å². The Morgan fingerprint density at radius 1 is 1.06 bits per heavy atom. The maximum Gasteiger partial charge on any atom is 0.326 e. The van der Waals surface area contributed by atoms with E-state index in [9.17, 15) is 19.1 Å². The third-order valence-electron chi connectivity index (χ3n) is 6.17. The molecule has 0 spiro atoms. The van der Waals surface area contributed by atoms with Crippen LogP contribution in [0, 0.1) is 11.7 Å². The number of nitrogens with one attached hydrogen (secondary N) is 1. The molecule has 7 nitrogen and oxygen atoms in total. The van der Waals surface area contributed by atoms with Gasteiger partial charge in [0.25, 0.3) is 0 Å². The first-order valence-electron chi connectivity index (χ1n) is 11.2. The highest BCUT2D eigenvalue weighted by Crippen LogP contribution is 2.29. The number of urea groups is 1. The van der Waals surface area contributed by atoms with Crippen molar-refractivity contribution in [2.45, 2.75) is 44.6 Å². The largest absolute Gasteiger partial charge is 0.466 e. The summed E-state index contributed by atoms with van der Waals surface area (Å²) in [6, 6.07) is 12.6. The lowest BCUT2D eigenvalue weighted by atomic mass is 9.89. The van der Waals surface area contributed by atoms with Crippen LogP contribution < -0.4 is 15.0 Å². The van der Waals surface area contributed by atoms with Crippen molar-refractivity contribution in [2.24, 2.45) is 5.92 Å². The molecule has 2 aromatic rings. The molecule has 2 unspecified atom stereocenters. The zero-order valence-corrected chi connectivity index (χ0v) is 18.9. The average molecular weight is 476 g/mol. The monoisotopic (exact) mass is 475 g/mol. The second kappa shape index (κ2) is 10.4. The molecule has 176 valence electrons. The van der Waals surface area contributed by atoms with E-state index < -0.39 is 24.3 Å². The van der Waals surface area contributed by atoms with Crippen molar-refractivity contribution in [3.63, 3.8) is 0 Å². The first kappa shape index (κ1) is 23.3. The highest BCUT2D eigenvalue weighted by Gasteiger charge is 2.40. The lowest BCUT2D eigenvalue weighted by Crippen LogP contribution is -2.65. The minimum Gasteiger partial charge on any atom is -0.466 e. The van der Waals surface area contributed by atoms with Crippen LogP contribution in [-0.2, 0) is 4.79 Å². The van der Waals surface area contributed by atoms with Gasteiger partial charge in [0.15, 0.2) is 6.23 Å². The van der Waals surface area contributed by atoms with E-state index in [-0.39, 0.29) is 29.1 Å². The molecule has 1 aliphatic carbocycles. The number of ether oxygens (including phenoxy) is 1. The number of para-hydroxylation sites is 1. The van der Waals surface area contributed by atoms with Crippen molar-refractivity contribution in [3.8, 4) is 5.75 Å². The maximum atomic E-state index is 13.6. The summed E-state index contributed by atoms with van der Waals surface area (Å²) in [6.45, 7) is 0.537. The van der Waals surface area contributed by atoms with Crippen molar-refractivity contribution < 1.29 is 23.8 Å². The summed E-state index contributed by atoms with van der Waals surface area (Å²) in [5, 5.41) is 13.5. The van der Waals surface area contributed by atoms with Gasteiger partial charge >= 0.3 is 6.03 Å². The minimum absolute atomic E-state index is 0.114. The second-order valence-corrected chi connectivity index (χ2v) is 8.76. The number of imide groups is 1. The number of nitrogens with zero attached hydrogens (tertiary/aromatic N) is 2. The number of carbonyl (C=O) groups is 2. The summed E-state index contributed by atoms with van der Waals surface area (Å²) in [4.78, 5) is 28.4. The lowest BCUT2D eigenvalue weighted by molar-refractivity contribution is -0.125. The molecule has 9 heteroatoms. The zero-order valence-electron chi connectivity index (χ0n) is 18.1. The molecule has 2 aromatic carbocycles. The quantitative estimate of drug-likeness (QED) is 0.694. The molecule has 2 aliphatic rings. The van der Waals surface area contributed by atoms with Gasteiger partial charge in [0.1, 0.15) is 11.6 Å². The van der Waals surface area contributed by atoms with E-state index in [4.69, 9.17) is 16.3 Å². The van der Waals surface area contributed by atoms with Gasteiger partial charge in [-0.05, 0) is 37.1 Å². The molecule has 1 aliphatic heterocycles. The summed E-state index contributed by atoms with van der Waals surface area (Å²) in [6.07, 6.45) is 2.19. The number of carbonyl (C=O) groups excluding carboxylic acids is 2. The van der Waals surface area contributed by atoms with E-state index >= 15 is 0 Å². The van der Waals surface area contributed by atoms with Crippen LogP contribution in [0.25, 0.3) is 0 Å². The average Bonchev–Trinajstić information content (AvgIpc) is 2.83. The van der Waals surface area contributed by atoms with Crippen molar-refractivity contribution in [2.75, 3.05) is 18.0 Å². The molecule has 2 atom stereocenters. The first-order valence-corrected chi connectivity index (χ1v) is 11.5. The second-order valence-electron chi connectivity index (χ2n) is 8.35. The number of halogens is 2. The molecule has 0 bridgehead atoms. The number of aliphatic hydroxyl groups excluding tert-OH is 1. The number of anilines is 1. The molecular weight excluding hydrogens is 449 g/mol. The van der Waals surface area contributed by atoms with Crippen LogP contribution >= 0.6 is 11.6 Å². The standard InChI is InChI=1S/C24H27ClFN3O4/c25-19-15-18(11-12-20(19)26)33-23-22(31)29(14-13-28(23)17-9-5-2-6-10-17)24(32)27-21(30)16-7-3-1-4-8-16/h2,5-6,9-12,15-16,22-23,31H,1,3-4,7-8,13-14H2,(H,27,30,32). The third-order valence-corrected chi connectivity index (χ3v) is 6.46. The zero-order chi connectivity index (χ0) is 23.4. The number of aliphatic hydroxyl groups is 1. The van der Waals surface area contributed by atoms with Gasteiger partial charge in [-0.2, -0.15) is 0 Å². The van der Waals surface area contributed by atoms with Gasteiger partial charge in [0, 0.05) is 30.8 Å². The van der Waals surface area contributed by atoms with Gasteiger partial charge in [0.05, 0.1) is 5.02 Å². The van der Waals surface area contributed by atoms with Crippen molar-refractivity contribution >= 4 is 29.2 Å². The molecule has 1 saturated carbocycles. The maximum absolute atomic E-state index is 13.6. The van der Waals surface area contributed by atoms with Crippen molar-refractivity contribution in [1.29, 1.82) is 0 Å². The van der Waals surface area contributed by atoms with Crippen molar-refractivity contribution in [1.82, 2.24) is 10.2 Å². The van der Waals surface area contributed by atoms with Gasteiger partial charge in [0.2, 0.25) is 12.1 Å². The van der Waals surface area contributed by atoms with E-state index in [1.54, 1.807) is 0 Å². The predicted octanol–water partition coefficient (Wildman–Crippen LogP) is 4.14. The first-order chi connectivity index (χ1) is 15.9.